The fourth-order valence-corrected chi connectivity index (χ4v) is 2.30. The van der Waals surface area contributed by atoms with Gasteiger partial charge in [0.05, 0.1) is 17.7 Å². The minimum absolute atomic E-state index is 0.153. The number of carbonyl (C=O) groups is 1. The molecule has 1 amide bonds. The van der Waals surface area contributed by atoms with Crippen molar-refractivity contribution in [3.8, 4) is 0 Å². The van der Waals surface area contributed by atoms with Crippen LogP contribution < -0.4 is 11.1 Å². The highest BCUT2D eigenvalue weighted by Crippen LogP contribution is 2.12. The molecule has 6 heteroatoms. The van der Waals surface area contributed by atoms with E-state index in [4.69, 9.17) is 5.73 Å². The fraction of sp³-hybridized carbons (Fsp3) is 0.250. The molecule has 0 aromatic carbocycles. The van der Waals surface area contributed by atoms with Crippen LogP contribution in [0.4, 0.5) is 5.82 Å². The lowest BCUT2D eigenvalue weighted by Crippen LogP contribution is -2.23. The van der Waals surface area contributed by atoms with Gasteiger partial charge in [-0.05, 0) is 26.0 Å². The van der Waals surface area contributed by atoms with E-state index in [2.05, 4.69) is 15.3 Å². The second kappa shape index (κ2) is 5.14. The van der Waals surface area contributed by atoms with Crippen molar-refractivity contribution in [1.29, 1.82) is 0 Å². The highest BCUT2D eigenvalue weighted by atomic mass is 32.1. The predicted molar refractivity (Wildman–Crippen MR) is 71.4 cm³/mol. The molecule has 0 fully saturated rings. The number of anilines is 1. The Bertz CT molecular complexity index is 559. The fourth-order valence-electron chi connectivity index (χ4n) is 1.58. The van der Waals surface area contributed by atoms with Gasteiger partial charge in [0.2, 0.25) is 0 Å². The van der Waals surface area contributed by atoms with Gasteiger partial charge in [0.1, 0.15) is 5.82 Å². The van der Waals surface area contributed by atoms with Crippen molar-refractivity contribution in [2.45, 2.75) is 20.4 Å². The first-order valence-electron chi connectivity index (χ1n) is 5.47. The number of pyridine rings is 1. The highest BCUT2D eigenvalue weighted by Gasteiger charge is 2.09. The van der Waals surface area contributed by atoms with E-state index in [1.54, 1.807) is 24.6 Å². The number of aromatic nitrogens is 2. The van der Waals surface area contributed by atoms with Crippen LogP contribution in [0.5, 0.6) is 0 Å². The quantitative estimate of drug-likeness (QED) is 0.881. The maximum Gasteiger partial charge on any atom is 0.251 e. The normalized spacial score (nSPS) is 10.3. The maximum atomic E-state index is 11.9. The molecule has 0 aliphatic carbocycles. The van der Waals surface area contributed by atoms with E-state index in [1.807, 2.05) is 6.92 Å². The Morgan fingerprint density at radius 1 is 1.44 bits per heavy atom. The third kappa shape index (κ3) is 2.84. The first kappa shape index (κ1) is 12.5. The molecule has 0 bridgehead atoms. The van der Waals surface area contributed by atoms with Gasteiger partial charge in [-0.3, -0.25) is 4.79 Å². The van der Waals surface area contributed by atoms with Gasteiger partial charge in [-0.1, -0.05) is 0 Å². The van der Waals surface area contributed by atoms with E-state index in [0.29, 0.717) is 17.9 Å². The molecule has 0 aliphatic rings. The molecule has 3 N–H and O–H groups in total. The second-order valence-corrected chi connectivity index (χ2v) is 4.91. The summed E-state index contributed by atoms with van der Waals surface area (Å²) in [6.07, 6.45) is 0. The number of aryl methyl sites for hydroxylation is 2. The number of carbonyl (C=O) groups excluding carboxylic acids is 1. The molecule has 0 atom stereocenters. The van der Waals surface area contributed by atoms with E-state index < -0.39 is 0 Å². The molecule has 2 heterocycles. The first-order chi connectivity index (χ1) is 8.56. The Labute approximate surface area is 109 Å². The topological polar surface area (TPSA) is 80.9 Å². The summed E-state index contributed by atoms with van der Waals surface area (Å²) in [6, 6.07) is 3.28. The van der Waals surface area contributed by atoms with Crippen LogP contribution in [0.2, 0.25) is 0 Å². The number of hydrogen-bond donors (Lipinski definition) is 2. The number of nitrogens with zero attached hydrogens (tertiary/aromatic N) is 2. The Balaban J connectivity index is 2.06. The van der Waals surface area contributed by atoms with E-state index in [9.17, 15) is 4.79 Å². The van der Waals surface area contributed by atoms with Gasteiger partial charge in [-0.15, -0.1) is 11.3 Å². The van der Waals surface area contributed by atoms with Crippen LogP contribution in [-0.2, 0) is 6.54 Å². The number of hydrogen-bond acceptors (Lipinski definition) is 5. The molecule has 2 aromatic heterocycles. The summed E-state index contributed by atoms with van der Waals surface area (Å²) in [5.41, 5.74) is 9.59. The van der Waals surface area contributed by atoms with Gasteiger partial charge < -0.3 is 11.1 Å². The predicted octanol–water partition coefficient (Wildman–Crippen LogP) is 1.67. The van der Waals surface area contributed by atoms with Crippen LogP contribution in [0.15, 0.2) is 17.6 Å². The zero-order valence-corrected chi connectivity index (χ0v) is 11.0. The van der Waals surface area contributed by atoms with Crippen LogP contribution in [0.1, 0.15) is 26.6 Å². The third-order valence-corrected chi connectivity index (χ3v) is 3.42. The average molecular weight is 262 g/mol. The summed E-state index contributed by atoms with van der Waals surface area (Å²) in [6.45, 7) is 4.21. The summed E-state index contributed by atoms with van der Waals surface area (Å²) >= 11 is 1.53. The van der Waals surface area contributed by atoms with Gasteiger partial charge >= 0.3 is 0 Å². The number of nitrogens with one attached hydrogen (secondary N) is 1. The molecule has 0 spiro atoms. The van der Waals surface area contributed by atoms with Crippen LogP contribution in [0.3, 0.4) is 0 Å². The molecule has 5 nitrogen and oxygen atoms in total. The zero-order valence-electron chi connectivity index (χ0n) is 10.2. The minimum atomic E-state index is -0.153. The molecule has 0 radical (unpaired) electrons. The summed E-state index contributed by atoms with van der Waals surface area (Å²) in [5.74, 6) is 0.203. The molecule has 0 saturated carbocycles. The van der Waals surface area contributed by atoms with Crippen LogP contribution in [-0.4, -0.2) is 15.9 Å². The van der Waals surface area contributed by atoms with Crippen LogP contribution in [0.25, 0.3) is 0 Å². The number of thiazole rings is 1. The number of rotatable bonds is 3. The Hall–Kier alpha value is -1.95. The molecular weight excluding hydrogens is 248 g/mol. The largest absolute Gasteiger partial charge is 0.384 e. The smallest absolute Gasteiger partial charge is 0.251 e. The number of nitrogen functional groups attached to an aromatic ring is 1. The van der Waals surface area contributed by atoms with E-state index >= 15 is 0 Å². The SMILES string of the molecule is Cc1cc(C(=O)NCc2scnc2C)cc(N)n1. The molecule has 2 rings (SSSR count). The van der Waals surface area contributed by atoms with E-state index in [0.717, 1.165) is 16.3 Å². The lowest BCUT2D eigenvalue weighted by molar-refractivity contribution is 0.0951. The minimum Gasteiger partial charge on any atom is -0.384 e. The van der Waals surface area contributed by atoms with Gasteiger partial charge in [-0.2, -0.15) is 0 Å². The maximum absolute atomic E-state index is 11.9. The van der Waals surface area contributed by atoms with Crippen molar-refractivity contribution in [1.82, 2.24) is 15.3 Å². The van der Waals surface area contributed by atoms with Gasteiger partial charge in [0.25, 0.3) is 5.91 Å². The molecule has 94 valence electrons. The van der Waals surface area contributed by atoms with Crippen LogP contribution >= 0.6 is 11.3 Å². The summed E-state index contributed by atoms with van der Waals surface area (Å²) < 4.78 is 0. The zero-order chi connectivity index (χ0) is 13.1. The third-order valence-electron chi connectivity index (χ3n) is 2.49. The van der Waals surface area contributed by atoms with Gasteiger partial charge in [0.15, 0.2) is 0 Å². The standard InChI is InChI=1S/C12H14N4OS/c1-7-3-9(4-11(13)16-7)12(17)14-5-10-8(2)15-6-18-10/h3-4,6H,5H2,1-2H3,(H2,13,16)(H,14,17). The lowest BCUT2D eigenvalue weighted by Gasteiger charge is -2.06. The van der Waals surface area contributed by atoms with E-state index in [1.165, 1.54) is 11.3 Å². The Morgan fingerprint density at radius 2 is 2.22 bits per heavy atom. The Morgan fingerprint density at radius 3 is 2.83 bits per heavy atom. The lowest BCUT2D eigenvalue weighted by atomic mass is 10.2. The van der Waals surface area contributed by atoms with Crippen molar-refractivity contribution in [3.63, 3.8) is 0 Å². The molecule has 0 unspecified atom stereocenters. The highest BCUT2D eigenvalue weighted by molar-refractivity contribution is 7.09. The summed E-state index contributed by atoms with van der Waals surface area (Å²) in [5, 5.41) is 2.84. The van der Waals surface area contributed by atoms with Gasteiger partial charge in [0, 0.05) is 16.1 Å². The van der Waals surface area contributed by atoms with Crippen molar-refractivity contribution < 1.29 is 4.79 Å². The first-order valence-corrected chi connectivity index (χ1v) is 6.35. The van der Waals surface area contributed by atoms with Crippen molar-refractivity contribution in [2.24, 2.45) is 0 Å². The van der Waals surface area contributed by atoms with E-state index in [-0.39, 0.29) is 5.91 Å². The molecule has 2 aromatic rings. The summed E-state index contributed by atoms with van der Waals surface area (Å²) in [4.78, 5) is 21.2. The second-order valence-electron chi connectivity index (χ2n) is 3.97. The Kier molecular flexibility index (Phi) is 3.57. The molecule has 0 aliphatic heterocycles. The monoisotopic (exact) mass is 262 g/mol. The molecule has 18 heavy (non-hydrogen) atoms. The number of nitrogens with two attached hydrogens (primary N) is 1. The van der Waals surface area contributed by atoms with Crippen molar-refractivity contribution in [3.05, 3.63) is 39.5 Å². The van der Waals surface area contributed by atoms with Crippen molar-refractivity contribution >= 4 is 23.1 Å². The average Bonchev–Trinajstić information content (AvgIpc) is 2.70. The molecule has 0 saturated heterocycles. The number of amides is 1. The van der Waals surface area contributed by atoms with Gasteiger partial charge in [-0.25, -0.2) is 9.97 Å². The van der Waals surface area contributed by atoms with Crippen LogP contribution in [0, 0.1) is 13.8 Å². The van der Waals surface area contributed by atoms with Crippen molar-refractivity contribution in [2.75, 3.05) is 5.73 Å². The summed E-state index contributed by atoms with van der Waals surface area (Å²) in [7, 11) is 0. The molecular formula is C12H14N4OS.